The fourth-order valence-electron chi connectivity index (χ4n) is 3.26. The molecule has 1 aliphatic carbocycles. The Hall–Kier alpha value is -1.09. The monoisotopic (exact) mass is 280 g/mol. The molecule has 0 amide bonds. The van der Waals surface area contributed by atoms with Crippen molar-refractivity contribution < 1.29 is 14.6 Å². The van der Waals surface area contributed by atoms with Crippen LogP contribution in [0.15, 0.2) is 23.8 Å². The van der Waals surface area contributed by atoms with Gasteiger partial charge in [0.2, 0.25) is 0 Å². The average molecular weight is 280 g/mol. The van der Waals surface area contributed by atoms with Crippen molar-refractivity contribution in [3.8, 4) is 0 Å². The van der Waals surface area contributed by atoms with Crippen LogP contribution in [0.5, 0.6) is 0 Å². The number of carboxylic acid groups (broad SMARTS) is 1. The molecular weight excluding hydrogens is 252 g/mol. The predicted molar refractivity (Wildman–Crippen MR) is 81.7 cm³/mol. The van der Waals surface area contributed by atoms with E-state index in [1.165, 1.54) is 5.57 Å². The van der Waals surface area contributed by atoms with E-state index < -0.39 is 11.4 Å². The molecule has 0 saturated heterocycles. The molecule has 2 unspecified atom stereocenters. The highest BCUT2D eigenvalue weighted by Gasteiger charge is 2.44. The molecule has 0 bridgehead atoms. The van der Waals surface area contributed by atoms with Gasteiger partial charge in [-0.3, -0.25) is 4.79 Å². The summed E-state index contributed by atoms with van der Waals surface area (Å²) in [6.07, 6.45) is 11.5. The maximum Gasteiger partial charge on any atom is 0.314 e. The molecule has 0 aliphatic heterocycles. The first kappa shape index (κ1) is 17.0. The van der Waals surface area contributed by atoms with Gasteiger partial charge in [0.25, 0.3) is 0 Å². The lowest BCUT2D eigenvalue weighted by atomic mass is 9.65. The second-order valence-corrected chi connectivity index (χ2v) is 5.61. The second kappa shape index (κ2) is 8.25. The van der Waals surface area contributed by atoms with Gasteiger partial charge in [0, 0.05) is 13.7 Å². The van der Waals surface area contributed by atoms with Crippen molar-refractivity contribution in [3.63, 3.8) is 0 Å². The number of rotatable bonds is 9. The first-order chi connectivity index (χ1) is 9.62. The molecule has 3 nitrogen and oxygen atoms in total. The minimum absolute atomic E-state index is 0.0945. The molecule has 3 heteroatoms. The molecule has 0 spiro atoms. The number of carbonyl (C=O) groups is 1. The van der Waals surface area contributed by atoms with Crippen LogP contribution in [0.4, 0.5) is 0 Å². The van der Waals surface area contributed by atoms with Crippen LogP contribution >= 0.6 is 0 Å². The number of allylic oxidation sites excluding steroid dienone is 2. The minimum Gasteiger partial charge on any atom is -0.481 e. The number of hydrogen-bond acceptors (Lipinski definition) is 2. The van der Waals surface area contributed by atoms with E-state index in [0.717, 1.165) is 38.5 Å². The first-order valence-corrected chi connectivity index (χ1v) is 7.73. The minimum atomic E-state index is -0.720. The van der Waals surface area contributed by atoms with Gasteiger partial charge >= 0.3 is 5.97 Å². The Morgan fingerprint density at radius 2 is 2.15 bits per heavy atom. The summed E-state index contributed by atoms with van der Waals surface area (Å²) < 4.78 is 5.15. The van der Waals surface area contributed by atoms with Crippen LogP contribution in [0.2, 0.25) is 0 Å². The van der Waals surface area contributed by atoms with E-state index in [9.17, 15) is 9.90 Å². The molecule has 1 N–H and O–H groups in total. The van der Waals surface area contributed by atoms with Gasteiger partial charge in [0.15, 0.2) is 0 Å². The summed E-state index contributed by atoms with van der Waals surface area (Å²) in [5, 5.41) is 9.82. The lowest BCUT2D eigenvalue weighted by molar-refractivity contribution is -0.149. The predicted octanol–water partition coefficient (Wildman–Crippen LogP) is 4.20. The van der Waals surface area contributed by atoms with Gasteiger partial charge in [-0.25, -0.2) is 0 Å². The Bertz CT molecular complexity index is 370. The number of hydrogen-bond donors (Lipinski definition) is 1. The molecule has 20 heavy (non-hydrogen) atoms. The zero-order chi connectivity index (χ0) is 15.0. The maximum atomic E-state index is 11.9. The van der Waals surface area contributed by atoms with Crippen molar-refractivity contribution in [1.82, 2.24) is 0 Å². The van der Waals surface area contributed by atoms with Gasteiger partial charge in [-0.2, -0.15) is 0 Å². The van der Waals surface area contributed by atoms with Gasteiger partial charge in [0.05, 0.1) is 5.41 Å². The molecule has 1 aliphatic rings. The molecule has 0 aromatic heterocycles. The summed E-state index contributed by atoms with van der Waals surface area (Å²) in [6, 6.07) is 0. The van der Waals surface area contributed by atoms with Crippen molar-refractivity contribution >= 4 is 5.97 Å². The van der Waals surface area contributed by atoms with Crippen LogP contribution in [0.25, 0.3) is 0 Å². The van der Waals surface area contributed by atoms with E-state index in [0.29, 0.717) is 6.61 Å². The summed E-state index contributed by atoms with van der Waals surface area (Å²) >= 11 is 0. The SMILES string of the molecule is CCCCCC1(C(=O)O)C=CC=C(CCOC)C1CC. The average Bonchev–Trinajstić information content (AvgIpc) is 2.45. The van der Waals surface area contributed by atoms with Crippen molar-refractivity contribution in [2.24, 2.45) is 11.3 Å². The van der Waals surface area contributed by atoms with Gasteiger partial charge in [-0.15, -0.1) is 0 Å². The van der Waals surface area contributed by atoms with Gasteiger partial charge in [-0.1, -0.05) is 56.9 Å². The smallest absolute Gasteiger partial charge is 0.314 e. The van der Waals surface area contributed by atoms with E-state index in [1.807, 2.05) is 12.2 Å². The van der Waals surface area contributed by atoms with E-state index in [4.69, 9.17) is 4.74 Å². The molecule has 1 rings (SSSR count). The maximum absolute atomic E-state index is 11.9. The van der Waals surface area contributed by atoms with E-state index in [1.54, 1.807) is 7.11 Å². The zero-order valence-electron chi connectivity index (χ0n) is 13.0. The highest BCUT2D eigenvalue weighted by Crippen LogP contribution is 2.45. The lowest BCUT2D eigenvalue weighted by Gasteiger charge is -2.38. The van der Waals surface area contributed by atoms with Crippen LogP contribution in [0.1, 0.15) is 52.4 Å². The van der Waals surface area contributed by atoms with Crippen LogP contribution in [0, 0.1) is 11.3 Å². The van der Waals surface area contributed by atoms with E-state index in [-0.39, 0.29) is 5.92 Å². The van der Waals surface area contributed by atoms with Crippen LogP contribution in [0.3, 0.4) is 0 Å². The molecule has 0 radical (unpaired) electrons. The van der Waals surface area contributed by atoms with Crippen molar-refractivity contribution in [1.29, 1.82) is 0 Å². The Morgan fingerprint density at radius 1 is 1.40 bits per heavy atom. The van der Waals surface area contributed by atoms with Crippen molar-refractivity contribution in [2.75, 3.05) is 13.7 Å². The van der Waals surface area contributed by atoms with Crippen LogP contribution in [-0.4, -0.2) is 24.8 Å². The Kier molecular flexibility index (Phi) is 7.00. The summed E-state index contributed by atoms with van der Waals surface area (Å²) in [5.74, 6) is -0.586. The molecule has 0 heterocycles. The number of unbranched alkanes of at least 4 members (excludes halogenated alkanes) is 2. The summed E-state index contributed by atoms with van der Waals surface area (Å²) in [6.45, 7) is 4.88. The molecule has 0 aromatic carbocycles. The van der Waals surface area contributed by atoms with Crippen LogP contribution in [-0.2, 0) is 9.53 Å². The Labute approximate surface area is 122 Å². The number of methoxy groups -OCH3 is 1. The van der Waals surface area contributed by atoms with E-state index in [2.05, 4.69) is 19.9 Å². The topological polar surface area (TPSA) is 46.5 Å². The highest BCUT2D eigenvalue weighted by molar-refractivity contribution is 5.78. The fourth-order valence-corrected chi connectivity index (χ4v) is 3.26. The quantitative estimate of drug-likeness (QED) is 0.644. The highest BCUT2D eigenvalue weighted by atomic mass is 16.5. The first-order valence-electron chi connectivity index (χ1n) is 7.73. The van der Waals surface area contributed by atoms with Gasteiger partial charge in [0.1, 0.15) is 0 Å². The lowest BCUT2D eigenvalue weighted by Crippen LogP contribution is -2.39. The molecule has 114 valence electrons. The normalized spacial score (nSPS) is 25.6. The molecule has 0 aromatic rings. The van der Waals surface area contributed by atoms with Crippen molar-refractivity contribution in [2.45, 2.75) is 52.4 Å². The van der Waals surface area contributed by atoms with Crippen molar-refractivity contribution in [3.05, 3.63) is 23.8 Å². The van der Waals surface area contributed by atoms with E-state index >= 15 is 0 Å². The van der Waals surface area contributed by atoms with Crippen LogP contribution < -0.4 is 0 Å². The molecule has 0 fully saturated rings. The van der Waals surface area contributed by atoms with Gasteiger partial charge in [-0.05, 0) is 25.2 Å². The second-order valence-electron chi connectivity index (χ2n) is 5.61. The number of carboxylic acids is 1. The third kappa shape index (κ3) is 3.72. The summed E-state index contributed by atoms with van der Waals surface area (Å²) in [4.78, 5) is 11.9. The fraction of sp³-hybridized carbons (Fsp3) is 0.706. The van der Waals surface area contributed by atoms with Gasteiger partial charge < -0.3 is 9.84 Å². The third-order valence-electron chi connectivity index (χ3n) is 4.37. The summed E-state index contributed by atoms with van der Waals surface area (Å²) in [7, 11) is 1.69. The number of aliphatic carboxylic acids is 1. The molecule has 0 saturated carbocycles. The zero-order valence-corrected chi connectivity index (χ0v) is 13.0. The standard InChI is InChI=1S/C17H28O3/c1-4-6-7-11-17(16(18)19)12-8-9-14(10-13-20-3)15(17)5-2/h8-9,12,15H,4-7,10-11,13H2,1-3H3,(H,18,19). The Morgan fingerprint density at radius 3 is 2.70 bits per heavy atom. The third-order valence-corrected chi connectivity index (χ3v) is 4.37. The number of ether oxygens (including phenoxy) is 1. The largest absolute Gasteiger partial charge is 0.481 e. The molecular formula is C17H28O3. The summed E-state index contributed by atoms with van der Waals surface area (Å²) in [5.41, 5.74) is 0.498. The Balaban J connectivity index is 2.94. The molecule has 2 atom stereocenters.